The Balaban J connectivity index is 2.47. The molecule has 0 aromatic rings. The van der Waals surface area contributed by atoms with Crippen LogP contribution in [0.5, 0.6) is 0 Å². The molecule has 1 aliphatic rings. The molecule has 1 fully saturated rings. The van der Waals surface area contributed by atoms with Crippen LogP contribution in [-0.2, 0) is 0 Å². The van der Waals surface area contributed by atoms with E-state index in [-0.39, 0.29) is 0 Å². The van der Waals surface area contributed by atoms with Crippen molar-refractivity contribution in [3.05, 3.63) is 0 Å². The van der Waals surface area contributed by atoms with Gasteiger partial charge in [-0.3, -0.25) is 4.99 Å². The molecule has 1 aliphatic heterocycles. The van der Waals surface area contributed by atoms with Crippen LogP contribution in [0.4, 0.5) is 0 Å². The number of hydrogen-bond acceptors (Lipinski definition) is 3. The van der Waals surface area contributed by atoms with Gasteiger partial charge in [-0.2, -0.15) is 0 Å². The summed E-state index contributed by atoms with van der Waals surface area (Å²) in [6.07, 6.45) is 7.40. The Kier molecular flexibility index (Phi) is 11.1. The topological polar surface area (TPSA) is 59.9 Å². The van der Waals surface area contributed by atoms with Crippen LogP contribution in [0.25, 0.3) is 0 Å². The minimum absolute atomic E-state index is 0.485. The van der Waals surface area contributed by atoms with Gasteiger partial charge in [0.05, 0.1) is 12.1 Å². The SMILES string of the molecule is CCCN1CCC(CNC(=NCC(O)(CCC)CCC)NCC)CC1. The molecule has 0 aromatic heterocycles. The van der Waals surface area contributed by atoms with Crippen LogP contribution in [0.3, 0.4) is 0 Å². The van der Waals surface area contributed by atoms with Crippen molar-refractivity contribution in [2.24, 2.45) is 10.9 Å². The molecule has 3 N–H and O–H groups in total. The molecule has 0 unspecified atom stereocenters. The molecule has 0 aliphatic carbocycles. The van der Waals surface area contributed by atoms with Crippen LogP contribution in [0.15, 0.2) is 4.99 Å². The van der Waals surface area contributed by atoms with Crippen LogP contribution in [-0.4, -0.2) is 60.8 Å². The van der Waals surface area contributed by atoms with Crippen LogP contribution in [0, 0.1) is 5.92 Å². The Bertz CT molecular complexity index is 359. The Labute approximate surface area is 155 Å². The summed E-state index contributed by atoms with van der Waals surface area (Å²) < 4.78 is 0. The Hall–Kier alpha value is -0.810. The lowest BCUT2D eigenvalue weighted by Crippen LogP contribution is -2.44. The molecule has 0 aromatic carbocycles. The van der Waals surface area contributed by atoms with Crippen molar-refractivity contribution in [3.63, 3.8) is 0 Å². The summed E-state index contributed by atoms with van der Waals surface area (Å²) in [5.74, 6) is 1.58. The second-order valence-electron chi connectivity index (χ2n) is 7.59. The first-order chi connectivity index (χ1) is 12.1. The fourth-order valence-electron chi connectivity index (χ4n) is 3.75. The van der Waals surface area contributed by atoms with E-state index in [1.165, 1.54) is 38.9 Å². The highest BCUT2D eigenvalue weighted by molar-refractivity contribution is 5.79. The maximum Gasteiger partial charge on any atom is 0.191 e. The average molecular weight is 355 g/mol. The highest BCUT2D eigenvalue weighted by Gasteiger charge is 2.25. The van der Waals surface area contributed by atoms with Crippen molar-refractivity contribution >= 4 is 5.96 Å². The van der Waals surface area contributed by atoms with Gasteiger partial charge in [0.1, 0.15) is 0 Å². The molecule has 1 rings (SSSR count). The highest BCUT2D eigenvalue weighted by atomic mass is 16.3. The normalized spacial score (nSPS) is 17.7. The van der Waals surface area contributed by atoms with E-state index in [1.807, 2.05) is 0 Å². The molecular formula is C20H42N4O. The molecule has 0 bridgehead atoms. The second kappa shape index (κ2) is 12.5. The number of guanidine groups is 1. The standard InChI is InChI=1S/C20H42N4O/c1-5-11-20(25,12-6-2)17-23-19(21-8-4)22-16-18-9-14-24(13-7-3)15-10-18/h18,25H,5-17H2,1-4H3,(H2,21,22,23). The number of aliphatic imine (C=N–C) groups is 1. The summed E-state index contributed by atoms with van der Waals surface area (Å²) in [7, 11) is 0. The number of aliphatic hydroxyl groups is 1. The lowest BCUT2D eigenvalue weighted by molar-refractivity contribution is 0.0306. The fourth-order valence-corrected chi connectivity index (χ4v) is 3.75. The van der Waals surface area contributed by atoms with Gasteiger partial charge in [0.15, 0.2) is 5.96 Å². The molecule has 5 heteroatoms. The van der Waals surface area contributed by atoms with Crippen molar-refractivity contribution in [2.45, 2.75) is 78.2 Å². The highest BCUT2D eigenvalue weighted by Crippen LogP contribution is 2.20. The molecule has 0 spiro atoms. The summed E-state index contributed by atoms with van der Waals surface area (Å²) >= 11 is 0. The zero-order valence-electron chi connectivity index (χ0n) is 17.1. The van der Waals surface area contributed by atoms with Crippen molar-refractivity contribution in [3.8, 4) is 0 Å². The molecule has 0 saturated carbocycles. The molecule has 148 valence electrons. The number of nitrogens with one attached hydrogen (secondary N) is 2. The average Bonchev–Trinajstić information content (AvgIpc) is 2.59. The van der Waals surface area contributed by atoms with E-state index in [0.29, 0.717) is 6.54 Å². The molecule has 0 atom stereocenters. The molecule has 1 saturated heterocycles. The van der Waals surface area contributed by atoms with Crippen LogP contribution in [0.2, 0.25) is 0 Å². The van der Waals surface area contributed by atoms with Gasteiger partial charge in [0.25, 0.3) is 0 Å². The third-order valence-electron chi connectivity index (χ3n) is 5.11. The van der Waals surface area contributed by atoms with Gasteiger partial charge < -0.3 is 20.6 Å². The molecular weight excluding hydrogens is 312 g/mol. The predicted molar refractivity (Wildman–Crippen MR) is 108 cm³/mol. The monoisotopic (exact) mass is 354 g/mol. The first kappa shape index (κ1) is 22.2. The van der Waals surface area contributed by atoms with Crippen LogP contribution in [0.1, 0.15) is 72.6 Å². The quantitative estimate of drug-likeness (QED) is 0.394. The number of piperidine rings is 1. The van der Waals surface area contributed by atoms with E-state index in [0.717, 1.165) is 50.7 Å². The van der Waals surface area contributed by atoms with Gasteiger partial charge in [0.2, 0.25) is 0 Å². The van der Waals surface area contributed by atoms with Gasteiger partial charge in [-0.25, -0.2) is 0 Å². The number of hydrogen-bond donors (Lipinski definition) is 3. The smallest absolute Gasteiger partial charge is 0.191 e. The lowest BCUT2D eigenvalue weighted by Gasteiger charge is -2.32. The van der Waals surface area contributed by atoms with Gasteiger partial charge in [-0.15, -0.1) is 0 Å². The van der Waals surface area contributed by atoms with Crippen LogP contribution < -0.4 is 10.6 Å². The van der Waals surface area contributed by atoms with E-state index in [1.54, 1.807) is 0 Å². The number of likely N-dealkylation sites (tertiary alicyclic amines) is 1. The maximum atomic E-state index is 10.8. The van der Waals surface area contributed by atoms with E-state index in [4.69, 9.17) is 0 Å². The lowest BCUT2D eigenvalue weighted by atomic mass is 9.93. The van der Waals surface area contributed by atoms with E-state index >= 15 is 0 Å². The molecule has 25 heavy (non-hydrogen) atoms. The summed E-state index contributed by atoms with van der Waals surface area (Å²) in [4.78, 5) is 7.26. The minimum Gasteiger partial charge on any atom is -0.388 e. The summed E-state index contributed by atoms with van der Waals surface area (Å²) in [5.41, 5.74) is -0.655. The molecule has 5 nitrogen and oxygen atoms in total. The third-order valence-corrected chi connectivity index (χ3v) is 5.11. The van der Waals surface area contributed by atoms with Gasteiger partial charge >= 0.3 is 0 Å². The summed E-state index contributed by atoms with van der Waals surface area (Å²) in [5, 5.41) is 17.6. The first-order valence-corrected chi connectivity index (χ1v) is 10.5. The van der Waals surface area contributed by atoms with Crippen molar-refractivity contribution < 1.29 is 5.11 Å². The predicted octanol–water partition coefficient (Wildman–Crippen LogP) is 2.99. The molecule has 1 heterocycles. The summed E-state index contributed by atoms with van der Waals surface area (Å²) in [6, 6.07) is 0. The number of rotatable bonds is 11. The minimum atomic E-state index is -0.655. The van der Waals surface area contributed by atoms with Crippen molar-refractivity contribution in [1.29, 1.82) is 0 Å². The fraction of sp³-hybridized carbons (Fsp3) is 0.950. The Morgan fingerprint density at radius 1 is 1.04 bits per heavy atom. The Morgan fingerprint density at radius 2 is 1.68 bits per heavy atom. The zero-order valence-corrected chi connectivity index (χ0v) is 17.1. The van der Waals surface area contributed by atoms with E-state index in [2.05, 4.69) is 48.2 Å². The third kappa shape index (κ3) is 8.91. The second-order valence-corrected chi connectivity index (χ2v) is 7.59. The largest absolute Gasteiger partial charge is 0.388 e. The van der Waals surface area contributed by atoms with Gasteiger partial charge in [-0.1, -0.05) is 33.6 Å². The zero-order chi connectivity index (χ0) is 18.5. The van der Waals surface area contributed by atoms with Gasteiger partial charge in [-0.05, 0) is 64.6 Å². The Morgan fingerprint density at radius 3 is 2.20 bits per heavy atom. The molecule has 0 radical (unpaired) electrons. The maximum absolute atomic E-state index is 10.8. The van der Waals surface area contributed by atoms with Crippen molar-refractivity contribution in [1.82, 2.24) is 15.5 Å². The van der Waals surface area contributed by atoms with Crippen LogP contribution >= 0.6 is 0 Å². The van der Waals surface area contributed by atoms with Gasteiger partial charge in [0, 0.05) is 13.1 Å². The first-order valence-electron chi connectivity index (χ1n) is 10.5. The van der Waals surface area contributed by atoms with E-state index < -0.39 is 5.60 Å². The summed E-state index contributed by atoms with van der Waals surface area (Å²) in [6.45, 7) is 14.6. The molecule has 0 amide bonds. The number of nitrogens with zero attached hydrogens (tertiary/aromatic N) is 2. The van der Waals surface area contributed by atoms with Crippen molar-refractivity contribution in [2.75, 3.05) is 39.3 Å². The van der Waals surface area contributed by atoms with E-state index in [9.17, 15) is 5.11 Å².